The third-order valence-electron chi connectivity index (χ3n) is 2.70. The summed E-state index contributed by atoms with van der Waals surface area (Å²) in [6.07, 6.45) is 4.84. The maximum Gasteiger partial charge on any atom is 0.108 e. The predicted octanol–water partition coefficient (Wildman–Crippen LogP) is 1.95. The number of nitrogens with zero attached hydrogens (tertiary/aromatic N) is 2. The second-order valence-corrected chi connectivity index (χ2v) is 3.85. The molecule has 3 heteroatoms. The van der Waals surface area contributed by atoms with Crippen LogP contribution < -0.4 is 5.73 Å². The van der Waals surface area contributed by atoms with Crippen LogP contribution in [0.5, 0.6) is 0 Å². The lowest BCUT2D eigenvalue weighted by Crippen LogP contribution is -2.04. The van der Waals surface area contributed by atoms with E-state index in [0.717, 1.165) is 18.8 Å². The second kappa shape index (κ2) is 4.94. The first-order valence-electron chi connectivity index (χ1n) is 5.61. The molecule has 2 rings (SSSR count). The summed E-state index contributed by atoms with van der Waals surface area (Å²) in [4.78, 5) is 4.31. The molecular formula is C13H17N3. The maximum absolute atomic E-state index is 5.63. The third kappa shape index (κ3) is 2.31. The summed E-state index contributed by atoms with van der Waals surface area (Å²) in [7, 11) is 0. The van der Waals surface area contributed by atoms with Gasteiger partial charge in [-0.3, -0.25) is 0 Å². The summed E-state index contributed by atoms with van der Waals surface area (Å²) in [6, 6.07) is 8.39. The molecule has 2 aromatic rings. The fraction of sp³-hybridized carbons (Fsp3) is 0.308. The van der Waals surface area contributed by atoms with E-state index in [1.54, 1.807) is 0 Å². The quantitative estimate of drug-likeness (QED) is 0.847. The first-order valence-corrected chi connectivity index (χ1v) is 5.61. The Kier molecular flexibility index (Phi) is 3.37. The van der Waals surface area contributed by atoms with Gasteiger partial charge in [0.2, 0.25) is 0 Å². The number of hydrogen-bond acceptors (Lipinski definition) is 2. The van der Waals surface area contributed by atoms with E-state index in [9.17, 15) is 0 Å². The van der Waals surface area contributed by atoms with Crippen LogP contribution in [0.1, 0.15) is 23.9 Å². The molecule has 0 fully saturated rings. The van der Waals surface area contributed by atoms with Crippen molar-refractivity contribution in [3.05, 3.63) is 53.6 Å². The molecule has 0 aliphatic carbocycles. The van der Waals surface area contributed by atoms with Gasteiger partial charge in [0, 0.05) is 31.9 Å². The number of benzene rings is 1. The van der Waals surface area contributed by atoms with Gasteiger partial charge in [0.25, 0.3) is 0 Å². The molecule has 0 saturated heterocycles. The van der Waals surface area contributed by atoms with Crippen molar-refractivity contribution in [2.24, 2.45) is 5.73 Å². The summed E-state index contributed by atoms with van der Waals surface area (Å²) in [5, 5.41) is 0. The fourth-order valence-electron chi connectivity index (χ4n) is 1.85. The minimum Gasteiger partial charge on any atom is -0.331 e. The molecule has 0 radical (unpaired) electrons. The normalized spacial score (nSPS) is 10.6. The SMILES string of the molecule is CCc1nccn1Cc1cccc(CN)c1. The standard InChI is InChI=1S/C13H17N3/c1-2-13-15-6-7-16(13)10-12-5-3-4-11(8-12)9-14/h3-8H,2,9-10,14H2,1H3. The van der Waals surface area contributed by atoms with Gasteiger partial charge in [-0.15, -0.1) is 0 Å². The third-order valence-corrected chi connectivity index (χ3v) is 2.70. The van der Waals surface area contributed by atoms with Crippen molar-refractivity contribution in [3.63, 3.8) is 0 Å². The minimum atomic E-state index is 0.596. The van der Waals surface area contributed by atoms with Crippen LogP contribution in [0.3, 0.4) is 0 Å². The molecule has 1 aromatic carbocycles. The first kappa shape index (κ1) is 10.9. The number of imidazole rings is 1. The Morgan fingerprint density at radius 3 is 2.88 bits per heavy atom. The van der Waals surface area contributed by atoms with Gasteiger partial charge in [-0.25, -0.2) is 4.98 Å². The van der Waals surface area contributed by atoms with Gasteiger partial charge >= 0.3 is 0 Å². The van der Waals surface area contributed by atoms with E-state index in [1.165, 1.54) is 11.1 Å². The molecule has 1 heterocycles. The van der Waals surface area contributed by atoms with Crippen LogP contribution in [0.15, 0.2) is 36.7 Å². The van der Waals surface area contributed by atoms with E-state index in [-0.39, 0.29) is 0 Å². The van der Waals surface area contributed by atoms with E-state index in [4.69, 9.17) is 5.73 Å². The molecule has 84 valence electrons. The molecule has 1 aromatic heterocycles. The van der Waals surface area contributed by atoms with Crippen molar-refractivity contribution in [2.75, 3.05) is 0 Å². The highest BCUT2D eigenvalue weighted by atomic mass is 15.1. The first-order chi connectivity index (χ1) is 7.83. The number of aryl methyl sites for hydroxylation is 1. The van der Waals surface area contributed by atoms with Crippen molar-refractivity contribution < 1.29 is 0 Å². The van der Waals surface area contributed by atoms with Crippen molar-refractivity contribution in [1.29, 1.82) is 0 Å². The smallest absolute Gasteiger partial charge is 0.108 e. The van der Waals surface area contributed by atoms with E-state index in [2.05, 4.69) is 40.7 Å². The van der Waals surface area contributed by atoms with Crippen molar-refractivity contribution in [2.45, 2.75) is 26.4 Å². The van der Waals surface area contributed by atoms with Gasteiger partial charge in [-0.05, 0) is 11.1 Å². The largest absolute Gasteiger partial charge is 0.331 e. The number of rotatable bonds is 4. The van der Waals surface area contributed by atoms with E-state index in [0.29, 0.717) is 6.54 Å². The van der Waals surface area contributed by atoms with Gasteiger partial charge in [-0.2, -0.15) is 0 Å². The van der Waals surface area contributed by atoms with Crippen LogP contribution in [0.2, 0.25) is 0 Å². The highest BCUT2D eigenvalue weighted by molar-refractivity contribution is 5.23. The average Bonchev–Trinajstić information content (AvgIpc) is 2.76. The molecule has 0 atom stereocenters. The van der Waals surface area contributed by atoms with E-state index < -0.39 is 0 Å². The van der Waals surface area contributed by atoms with Crippen LogP contribution in [-0.2, 0) is 19.5 Å². The predicted molar refractivity (Wildman–Crippen MR) is 65.0 cm³/mol. The Morgan fingerprint density at radius 2 is 2.12 bits per heavy atom. The van der Waals surface area contributed by atoms with Crippen LogP contribution in [-0.4, -0.2) is 9.55 Å². The summed E-state index contributed by atoms with van der Waals surface area (Å²) in [6.45, 7) is 3.59. The van der Waals surface area contributed by atoms with Gasteiger partial charge in [0.1, 0.15) is 5.82 Å². The van der Waals surface area contributed by atoms with Crippen LogP contribution in [0.25, 0.3) is 0 Å². The van der Waals surface area contributed by atoms with Crippen LogP contribution >= 0.6 is 0 Å². The lowest BCUT2D eigenvalue weighted by molar-refractivity contribution is 0.731. The maximum atomic E-state index is 5.63. The lowest BCUT2D eigenvalue weighted by atomic mass is 10.1. The molecule has 2 N–H and O–H groups in total. The average molecular weight is 215 g/mol. The Hall–Kier alpha value is -1.61. The number of nitrogens with two attached hydrogens (primary N) is 1. The molecular weight excluding hydrogens is 198 g/mol. The highest BCUT2D eigenvalue weighted by Crippen LogP contribution is 2.08. The van der Waals surface area contributed by atoms with Crippen LogP contribution in [0.4, 0.5) is 0 Å². The molecule has 0 amide bonds. The fourth-order valence-corrected chi connectivity index (χ4v) is 1.85. The topological polar surface area (TPSA) is 43.8 Å². The number of hydrogen-bond donors (Lipinski definition) is 1. The molecule has 0 unspecified atom stereocenters. The molecule has 0 aliphatic heterocycles. The molecule has 3 nitrogen and oxygen atoms in total. The van der Waals surface area contributed by atoms with Crippen molar-refractivity contribution >= 4 is 0 Å². The summed E-state index contributed by atoms with van der Waals surface area (Å²) >= 11 is 0. The molecule has 0 bridgehead atoms. The number of aromatic nitrogens is 2. The Labute approximate surface area is 95.9 Å². The van der Waals surface area contributed by atoms with Crippen LogP contribution in [0, 0.1) is 0 Å². The van der Waals surface area contributed by atoms with E-state index >= 15 is 0 Å². The summed E-state index contributed by atoms with van der Waals surface area (Å²) in [5.41, 5.74) is 8.08. The Morgan fingerprint density at radius 1 is 1.31 bits per heavy atom. The molecule has 0 aliphatic rings. The van der Waals surface area contributed by atoms with E-state index in [1.807, 2.05) is 12.4 Å². The molecule has 0 spiro atoms. The molecule has 16 heavy (non-hydrogen) atoms. The minimum absolute atomic E-state index is 0.596. The Bertz CT molecular complexity index is 460. The zero-order chi connectivity index (χ0) is 11.4. The van der Waals surface area contributed by atoms with Gasteiger partial charge in [-0.1, -0.05) is 31.2 Å². The van der Waals surface area contributed by atoms with Gasteiger partial charge in [0.15, 0.2) is 0 Å². The summed E-state index contributed by atoms with van der Waals surface area (Å²) < 4.78 is 2.18. The second-order valence-electron chi connectivity index (χ2n) is 3.85. The monoisotopic (exact) mass is 215 g/mol. The lowest BCUT2D eigenvalue weighted by Gasteiger charge is -2.07. The van der Waals surface area contributed by atoms with Crippen molar-refractivity contribution in [3.8, 4) is 0 Å². The zero-order valence-corrected chi connectivity index (χ0v) is 9.56. The summed E-state index contributed by atoms with van der Waals surface area (Å²) in [5.74, 6) is 1.12. The Balaban J connectivity index is 2.20. The van der Waals surface area contributed by atoms with Crippen molar-refractivity contribution in [1.82, 2.24) is 9.55 Å². The van der Waals surface area contributed by atoms with Gasteiger partial charge in [0.05, 0.1) is 0 Å². The molecule has 0 saturated carbocycles. The zero-order valence-electron chi connectivity index (χ0n) is 9.56. The van der Waals surface area contributed by atoms with Gasteiger partial charge < -0.3 is 10.3 Å². The highest BCUT2D eigenvalue weighted by Gasteiger charge is 2.01.